The van der Waals surface area contributed by atoms with Gasteiger partial charge in [-0.1, -0.05) is 6.07 Å². The van der Waals surface area contributed by atoms with E-state index in [1.807, 2.05) is 0 Å². The lowest BCUT2D eigenvalue weighted by atomic mass is 10.4. The summed E-state index contributed by atoms with van der Waals surface area (Å²) in [4.78, 5) is 8.79. The van der Waals surface area contributed by atoms with Gasteiger partial charge in [0.2, 0.25) is 10.0 Å². The van der Waals surface area contributed by atoms with Crippen molar-refractivity contribution in [3.05, 3.63) is 41.0 Å². The molecule has 0 aliphatic rings. The molecule has 3 aromatic heterocycles. The van der Waals surface area contributed by atoms with E-state index in [0.29, 0.717) is 15.6 Å². The van der Waals surface area contributed by atoms with Crippen molar-refractivity contribution in [3.8, 4) is 10.8 Å². The van der Waals surface area contributed by atoms with E-state index in [-0.39, 0.29) is 24.0 Å². The summed E-state index contributed by atoms with van der Waals surface area (Å²) in [6.45, 7) is 3.25. The van der Waals surface area contributed by atoms with Gasteiger partial charge in [-0.15, -0.1) is 21.5 Å². The van der Waals surface area contributed by atoms with E-state index in [1.54, 1.807) is 25.1 Å². The lowest BCUT2D eigenvalue weighted by Crippen LogP contribution is -2.32. The quantitative estimate of drug-likeness (QED) is 0.584. The van der Waals surface area contributed by atoms with Crippen molar-refractivity contribution >= 4 is 27.2 Å². The Kier molecular flexibility index (Phi) is 5.46. The molecule has 0 saturated carbocycles. The Morgan fingerprint density at radius 3 is 2.70 bits per heavy atom. The largest absolute Gasteiger partial charge is 0.414 e. The van der Waals surface area contributed by atoms with Crippen LogP contribution in [-0.2, 0) is 16.6 Å². The van der Waals surface area contributed by atoms with Crippen LogP contribution in [0, 0.1) is 6.92 Å². The molecule has 144 valence electrons. The normalized spacial score (nSPS) is 11.9. The Morgan fingerprint density at radius 1 is 1.30 bits per heavy atom. The molecule has 3 aromatic rings. The third-order valence-electron chi connectivity index (χ3n) is 3.50. The van der Waals surface area contributed by atoms with Crippen molar-refractivity contribution in [2.24, 2.45) is 0 Å². The highest BCUT2D eigenvalue weighted by molar-refractivity contribution is 7.92. The van der Waals surface area contributed by atoms with Gasteiger partial charge in [-0.3, -0.25) is 0 Å². The first kappa shape index (κ1) is 19.3. The Morgan fingerprint density at radius 2 is 2.07 bits per heavy atom. The molecule has 0 aromatic carbocycles. The van der Waals surface area contributed by atoms with E-state index in [9.17, 15) is 17.2 Å². The molecule has 8 nitrogen and oxygen atoms in total. The third kappa shape index (κ3) is 4.27. The molecule has 0 aliphatic heterocycles. The second kappa shape index (κ2) is 7.64. The van der Waals surface area contributed by atoms with Crippen LogP contribution in [0.25, 0.3) is 10.8 Å². The topological polar surface area (TPSA) is 102 Å². The summed E-state index contributed by atoms with van der Waals surface area (Å²) in [5.41, 5.74) is 0.675. The molecule has 0 aliphatic carbocycles. The highest BCUT2D eigenvalue weighted by Crippen LogP contribution is 2.29. The molecule has 3 heterocycles. The number of anilines is 1. The molecule has 3 rings (SSSR count). The van der Waals surface area contributed by atoms with Gasteiger partial charge in [0.25, 0.3) is 11.8 Å². The molecule has 0 amide bonds. The fraction of sp³-hybridized carbons (Fsp3) is 0.333. The molecule has 27 heavy (non-hydrogen) atoms. The van der Waals surface area contributed by atoms with Gasteiger partial charge < -0.3 is 4.42 Å². The van der Waals surface area contributed by atoms with Crippen LogP contribution in [0.1, 0.15) is 29.9 Å². The van der Waals surface area contributed by atoms with Gasteiger partial charge in [-0.05, 0) is 26.0 Å². The highest BCUT2D eigenvalue weighted by atomic mass is 32.2. The first-order valence-corrected chi connectivity index (χ1v) is 10.2. The number of hydrogen-bond acceptors (Lipinski definition) is 8. The number of sulfonamides is 1. The summed E-state index contributed by atoms with van der Waals surface area (Å²) in [7, 11) is -3.60. The smallest absolute Gasteiger partial charge is 0.314 e. The number of hydrogen-bond donors (Lipinski definition) is 0. The fourth-order valence-corrected chi connectivity index (χ4v) is 4.10. The molecule has 0 fully saturated rings. The van der Waals surface area contributed by atoms with Crippen molar-refractivity contribution in [1.82, 2.24) is 20.2 Å². The van der Waals surface area contributed by atoms with Crippen LogP contribution < -0.4 is 4.31 Å². The number of pyridine rings is 1. The Balaban J connectivity index is 1.89. The molecular formula is C15H15F2N5O3S2. The van der Waals surface area contributed by atoms with Crippen molar-refractivity contribution < 1.29 is 21.6 Å². The van der Waals surface area contributed by atoms with E-state index >= 15 is 0 Å². The van der Waals surface area contributed by atoms with E-state index in [4.69, 9.17) is 4.42 Å². The minimum atomic E-state index is -3.60. The molecule has 0 radical (unpaired) electrons. The molecule has 0 spiro atoms. The van der Waals surface area contributed by atoms with E-state index in [1.165, 1.54) is 17.4 Å². The summed E-state index contributed by atoms with van der Waals surface area (Å²) in [6.07, 6.45) is -1.49. The van der Waals surface area contributed by atoms with Gasteiger partial charge in [-0.2, -0.15) is 8.78 Å². The van der Waals surface area contributed by atoms with E-state index in [2.05, 4.69) is 20.2 Å². The van der Waals surface area contributed by atoms with Crippen LogP contribution >= 0.6 is 11.3 Å². The molecular weight excluding hydrogens is 400 g/mol. The Hall–Kier alpha value is -2.47. The molecule has 12 heteroatoms. The maximum atomic E-state index is 12.6. The predicted octanol–water partition coefficient (Wildman–Crippen LogP) is 3.19. The summed E-state index contributed by atoms with van der Waals surface area (Å²) in [5.74, 6) is -0.694. The van der Waals surface area contributed by atoms with Crippen molar-refractivity contribution in [2.75, 3.05) is 10.1 Å². The number of halogens is 2. The maximum Gasteiger partial charge on any atom is 0.314 e. The molecule has 0 atom stereocenters. The number of aryl methyl sites for hydroxylation is 1. The molecule has 0 bridgehead atoms. The predicted molar refractivity (Wildman–Crippen MR) is 95.0 cm³/mol. The van der Waals surface area contributed by atoms with Crippen LogP contribution in [0.5, 0.6) is 0 Å². The van der Waals surface area contributed by atoms with Gasteiger partial charge in [0.1, 0.15) is 15.7 Å². The second-order valence-electron chi connectivity index (χ2n) is 5.41. The first-order chi connectivity index (χ1) is 12.8. The van der Waals surface area contributed by atoms with Crippen LogP contribution in [0.4, 0.5) is 14.6 Å². The van der Waals surface area contributed by atoms with E-state index < -0.39 is 22.3 Å². The lowest BCUT2D eigenvalue weighted by molar-refractivity contribution is 0.116. The zero-order valence-corrected chi connectivity index (χ0v) is 16.0. The SMILES string of the molecule is CCS(=O)(=O)N(Cc1ncc(-c2nnc(C(F)F)o2)s1)c1cccc(C)n1. The average molecular weight is 415 g/mol. The Labute approximate surface area is 158 Å². The number of alkyl halides is 2. The standard InChI is InChI=1S/C15H15F2N5O3S2/c1-3-27(23,24)22(11-6-4-5-9(2)19-11)8-12-18-7-10(26-12)14-20-21-15(25-14)13(16)17/h4-7,13H,3,8H2,1-2H3. The number of aromatic nitrogens is 4. The average Bonchev–Trinajstić information content (AvgIpc) is 3.28. The van der Waals surface area contributed by atoms with Gasteiger partial charge in [-0.25, -0.2) is 22.7 Å². The van der Waals surface area contributed by atoms with Gasteiger partial charge in [0.15, 0.2) is 0 Å². The van der Waals surface area contributed by atoms with Crippen molar-refractivity contribution in [2.45, 2.75) is 26.8 Å². The van der Waals surface area contributed by atoms with Crippen LogP contribution in [0.2, 0.25) is 0 Å². The minimum Gasteiger partial charge on any atom is -0.414 e. The zero-order valence-electron chi connectivity index (χ0n) is 14.3. The van der Waals surface area contributed by atoms with E-state index in [0.717, 1.165) is 11.3 Å². The van der Waals surface area contributed by atoms with Crippen LogP contribution in [0.15, 0.2) is 28.8 Å². The fourth-order valence-electron chi connectivity index (χ4n) is 2.17. The number of nitrogens with zero attached hydrogens (tertiary/aromatic N) is 5. The van der Waals surface area contributed by atoms with Crippen molar-refractivity contribution in [3.63, 3.8) is 0 Å². The van der Waals surface area contributed by atoms with Crippen LogP contribution in [-0.4, -0.2) is 34.3 Å². The summed E-state index contributed by atoms with van der Waals surface area (Å²) >= 11 is 1.08. The molecule has 0 N–H and O–H groups in total. The number of thiazole rings is 1. The summed E-state index contributed by atoms with van der Waals surface area (Å²) < 4.78 is 56.2. The van der Waals surface area contributed by atoms with Gasteiger partial charge >= 0.3 is 6.43 Å². The maximum absolute atomic E-state index is 12.6. The third-order valence-corrected chi connectivity index (χ3v) is 6.19. The monoisotopic (exact) mass is 415 g/mol. The summed E-state index contributed by atoms with van der Waals surface area (Å²) in [6, 6.07) is 5.08. The van der Waals surface area contributed by atoms with Gasteiger partial charge in [0.05, 0.1) is 18.5 Å². The van der Waals surface area contributed by atoms with Gasteiger partial charge in [0, 0.05) is 5.69 Å². The highest BCUT2D eigenvalue weighted by Gasteiger charge is 2.24. The molecule has 0 saturated heterocycles. The molecule has 0 unspecified atom stereocenters. The van der Waals surface area contributed by atoms with Crippen LogP contribution in [0.3, 0.4) is 0 Å². The Bertz CT molecular complexity index is 1040. The van der Waals surface area contributed by atoms with Crippen molar-refractivity contribution in [1.29, 1.82) is 0 Å². The second-order valence-corrected chi connectivity index (χ2v) is 8.71. The lowest BCUT2D eigenvalue weighted by Gasteiger charge is -2.21. The zero-order chi connectivity index (χ0) is 19.6. The summed E-state index contributed by atoms with van der Waals surface area (Å²) in [5, 5.41) is 7.26. The first-order valence-electron chi connectivity index (χ1n) is 7.81. The minimum absolute atomic E-state index is 0.0485. The number of rotatable bonds is 7.